The van der Waals surface area contributed by atoms with Crippen LogP contribution in [0.2, 0.25) is 0 Å². The Hall–Kier alpha value is -3.68. The lowest BCUT2D eigenvalue weighted by Gasteiger charge is -2.18. The average molecular weight is 419 g/mol. The highest BCUT2D eigenvalue weighted by atomic mass is 16.2. The van der Waals surface area contributed by atoms with E-state index >= 15 is 0 Å². The van der Waals surface area contributed by atoms with E-state index in [2.05, 4.69) is 30.5 Å². The molecule has 0 fully saturated rings. The van der Waals surface area contributed by atoms with E-state index in [1.54, 1.807) is 13.0 Å². The number of aromatic nitrogens is 5. The third-order valence-electron chi connectivity index (χ3n) is 5.26. The quantitative estimate of drug-likeness (QED) is 0.397. The number of amides is 1. The van der Waals surface area contributed by atoms with Crippen molar-refractivity contribution in [3.05, 3.63) is 81.4 Å². The normalized spacial score (nSPS) is 12.8. The largest absolute Gasteiger partial charge is 0.361 e. The number of para-hydroxylation sites is 1. The molecule has 0 saturated heterocycles. The molecule has 0 saturated carbocycles. The van der Waals surface area contributed by atoms with Crippen LogP contribution < -0.4 is 10.9 Å². The van der Waals surface area contributed by atoms with Crippen LogP contribution in [0.4, 0.5) is 0 Å². The third kappa shape index (κ3) is 4.42. The van der Waals surface area contributed by atoms with Gasteiger partial charge in [-0.3, -0.25) is 14.7 Å². The molecule has 1 aromatic carbocycles. The number of rotatable bonds is 5. The van der Waals surface area contributed by atoms with Gasteiger partial charge in [0.15, 0.2) is 0 Å². The Bertz CT molecular complexity index is 1290. The molecule has 1 amide bonds. The molecule has 4 N–H and O–H groups in total. The summed E-state index contributed by atoms with van der Waals surface area (Å²) < 4.78 is 0. The standard InChI is InChI=1S/C23H26N6O2/c1-13-25-18(11-21(30)26-13)17(9-14-12-24-16-8-6-5-7-15(14)16)27-22(31)19-10-20(29-28-19)23(2,3)4/h5-8,10-12,17,24H,9H2,1-4H3,(H,27,31)(H,28,29)(H,25,26,30)/t17-/m0/s1. The van der Waals surface area contributed by atoms with E-state index in [4.69, 9.17) is 0 Å². The zero-order valence-electron chi connectivity index (χ0n) is 18.0. The van der Waals surface area contributed by atoms with E-state index in [0.717, 1.165) is 22.2 Å². The fourth-order valence-corrected chi connectivity index (χ4v) is 3.59. The Morgan fingerprint density at radius 2 is 1.97 bits per heavy atom. The van der Waals surface area contributed by atoms with E-state index in [0.29, 0.717) is 23.6 Å². The first-order valence-corrected chi connectivity index (χ1v) is 10.2. The Balaban J connectivity index is 1.67. The maximum atomic E-state index is 13.0. The van der Waals surface area contributed by atoms with Gasteiger partial charge < -0.3 is 15.3 Å². The number of nitrogens with one attached hydrogen (secondary N) is 4. The van der Waals surface area contributed by atoms with Crippen molar-refractivity contribution in [2.24, 2.45) is 0 Å². The summed E-state index contributed by atoms with van der Waals surface area (Å²) in [7, 11) is 0. The number of hydrogen-bond donors (Lipinski definition) is 4. The molecule has 0 aliphatic rings. The van der Waals surface area contributed by atoms with Gasteiger partial charge in [-0.1, -0.05) is 39.0 Å². The van der Waals surface area contributed by atoms with Gasteiger partial charge in [0, 0.05) is 40.7 Å². The first-order valence-electron chi connectivity index (χ1n) is 10.2. The van der Waals surface area contributed by atoms with Gasteiger partial charge in [0.2, 0.25) is 0 Å². The molecule has 0 spiro atoms. The summed E-state index contributed by atoms with van der Waals surface area (Å²) in [6.45, 7) is 7.86. The van der Waals surface area contributed by atoms with Gasteiger partial charge in [0.05, 0.1) is 11.7 Å². The van der Waals surface area contributed by atoms with Crippen molar-refractivity contribution < 1.29 is 4.79 Å². The van der Waals surface area contributed by atoms with Gasteiger partial charge in [-0.25, -0.2) is 4.98 Å². The lowest BCUT2D eigenvalue weighted by Crippen LogP contribution is -2.32. The molecular formula is C23H26N6O2. The fourth-order valence-electron chi connectivity index (χ4n) is 3.59. The molecule has 3 heterocycles. The molecule has 0 bridgehead atoms. The topological polar surface area (TPSA) is 119 Å². The van der Waals surface area contributed by atoms with Gasteiger partial charge in [-0.15, -0.1) is 0 Å². The number of aryl methyl sites for hydroxylation is 1. The summed E-state index contributed by atoms with van der Waals surface area (Å²) in [4.78, 5) is 35.5. The van der Waals surface area contributed by atoms with Crippen molar-refractivity contribution in [3.63, 3.8) is 0 Å². The number of benzene rings is 1. The van der Waals surface area contributed by atoms with Crippen LogP contribution in [0, 0.1) is 6.92 Å². The van der Waals surface area contributed by atoms with Crippen LogP contribution in [0.3, 0.4) is 0 Å². The summed E-state index contributed by atoms with van der Waals surface area (Å²) >= 11 is 0. The second-order valence-corrected chi connectivity index (χ2v) is 8.76. The van der Waals surface area contributed by atoms with Gasteiger partial charge in [0.1, 0.15) is 11.5 Å². The number of H-pyrrole nitrogens is 3. The van der Waals surface area contributed by atoms with Crippen LogP contribution in [0.5, 0.6) is 0 Å². The zero-order chi connectivity index (χ0) is 22.2. The number of carbonyl (C=O) groups is 1. The third-order valence-corrected chi connectivity index (χ3v) is 5.26. The van der Waals surface area contributed by atoms with Crippen LogP contribution in [0.15, 0.2) is 47.4 Å². The molecule has 1 atom stereocenters. The number of hydrogen-bond acceptors (Lipinski definition) is 4. The summed E-state index contributed by atoms with van der Waals surface area (Å²) in [5.41, 5.74) is 3.31. The maximum absolute atomic E-state index is 13.0. The van der Waals surface area contributed by atoms with E-state index in [1.165, 1.54) is 6.07 Å². The van der Waals surface area contributed by atoms with E-state index in [1.807, 2.05) is 51.2 Å². The molecule has 4 aromatic rings. The SMILES string of the molecule is Cc1nc([C@H](Cc2c[nH]c3ccccc23)NC(=O)c2cc(C(C)(C)C)[nH]n2)cc(=O)[nH]1. The molecule has 8 heteroatoms. The molecule has 0 unspecified atom stereocenters. The van der Waals surface area contributed by atoms with Crippen molar-refractivity contribution in [1.82, 2.24) is 30.5 Å². The van der Waals surface area contributed by atoms with Crippen LogP contribution in [-0.2, 0) is 11.8 Å². The minimum atomic E-state index is -0.498. The average Bonchev–Trinajstić information content (AvgIpc) is 3.34. The number of carbonyl (C=O) groups excluding carboxylic acids is 1. The molecule has 3 aromatic heterocycles. The van der Waals surface area contributed by atoms with E-state index in [-0.39, 0.29) is 16.9 Å². The van der Waals surface area contributed by atoms with Crippen molar-refractivity contribution in [2.45, 2.75) is 45.6 Å². The fraction of sp³-hybridized carbons (Fsp3) is 0.304. The van der Waals surface area contributed by atoms with Gasteiger partial charge in [-0.2, -0.15) is 5.10 Å². The summed E-state index contributed by atoms with van der Waals surface area (Å²) in [6.07, 6.45) is 2.40. The molecule has 160 valence electrons. The lowest BCUT2D eigenvalue weighted by atomic mass is 9.92. The number of nitrogens with zero attached hydrogens (tertiary/aromatic N) is 2. The van der Waals surface area contributed by atoms with Crippen molar-refractivity contribution in [2.75, 3.05) is 0 Å². The second kappa shape index (κ2) is 7.86. The zero-order valence-corrected chi connectivity index (χ0v) is 18.0. The van der Waals surface area contributed by atoms with Crippen LogP contribution >= 0.6 is 0 Å². The van der Waals surface area contributed by atoms with Gasteiger partial charge >= 0.3 is 0 Å². The molecule has 8 nitrogen and oxygen atoms in total. The first-order chi connectivity index (χ1) is 14.7. The molecule has 0 aliphatic carbocycles. The predicted octanol–water partition coefficient (Wildman–Crippen LogP) is 3.29. The molecular weight excluding hydrogens is 392 g/mol. The smallest absolute Gasteiger partial charge is 0.272 e. The molecule has 0 radical (unpaired) electrons. The Morgan fingerprint density at radius 1 is 1.19 bits per heavy atom. The summed E-state index contributed by atoms with van der Waals surface area (Å²) in [5, 5.41) is 11.2. The monoisotopic (exact) mass is 418 g/mol. The van der Waals surface area contributed by atoms with Crippen molar-refractivity contribution in [1.29, 1.82) is 0 Å². The predicted molar refractivity (Wildman–Crippen MR) is 119 cm³/mol. The van der Waals surface area contributed by atoms with Crippen molar-refractivity contribution in [3.8, 4) is 0 Å². The highest BCUT2D eigenvalue weighted by Gasteiger charge is 2.23. The number of aromatic amines is 3. The second-order valence-electron chi connectivity index (χ2n) is 8.76. The summed E-state index contributed by atoms with van der Waals surface area (Å²) in [6, 6.07) is 10.7. The van der Waals surface area contributed by atoms with Crippen LogP contribution in [-0.4, -0.2) is 31.1 Å². The first kappa shape index (κ1) is 20.6. The van der Waals surface area contributed by atoms with Crippen LogP contribution in [0.25, 0.3) is 10.9 Å². The molecule has 31 heavy (non-hydrogen) atoms. The highest BCUT2D eigenvalue weighted by molar-refractivity contribution is 5.92. The van der Waals surface area contributed by atoms with E-state index < -0.39 is 6.04 Å². The van der Waals surface area contributed by atoms with Crippen molar-refractivity contribution >= 4 is 16.8 Å². The van der Waals surface area contributed by atoms with Gasteiger partial charge in [0.25, 0.3) is 11.5 Å². The van der Waals surface area contributed by atoms with Crippen LogP contribution in [0.1, 0.15) is 60.1 Å². The lowest BCUT2D eigenvalue weighted by molar-refractivity contribution is 0.0930. The Kier molecular flexibility index (Phi) is 5.22. The van der Waals surface area contributed by atoms with E-state index in [9.17, 15) is 9.59 Å². The number of fused-ring (bicyclic) bond motifs is 1. The molecule has 4 rings (SSSR count). The minimum absolute atomic E-state index is 0.152. The van der Waals surface area contributed by atoms with Gasteiger partial charge in [-0.05, 0) is 24.6 Å². The minimum Gasteiger partial charge on any atom is -0.361 e. The highest BCUT2D eigenvalue weighted by Crippen LogP contribution is 2.24. The maximum Gasteiger partial charge on any atom is 0.272 e. The summed E-state index contributed by atoms with van der Waals surface area (Å²) in [5.74, 6) is 0.173. The Morgan fingerprint density at radius 3 is 2.68 bits per heavy atom. The molecule has 0 aliphatic heterocycles. The Labute approximate surface area is 179 Å².